The number of aliphatic carboxylic acids is 1. The van der Waals surface area contributed by atoms with Gasteiger partial charge in [0.15, 0.2) is 0 Å². The zero-order chi connectivity index (χ0) is 11.5. The van der Waals surface area contributed by atoms with Gasteiger partial charge in [-0.05, 0) is 19.3 Å². The van der Waals surface area contributed by atoms with Crippen LogP contribution < -0.4 is 0 Å². The predicted molar refractivity (Wildman–Crippen MR) is 60.8 cm³/mol. The number of aliphatic hydroxyl groups excluding tert-OH is 1. The second-order valence-corrected chi connectivity index (χ2v) is 3.81. The molecule has 0 saturated carbocycles. The van der Waals surface area contributed by atoms with Crippen LogP contribution in [0.3, 0.4) is 0 Å². The zero-order valence-electron chi connectivity index (χ0n) is 9.48. The Balaban J connectivity index is 3.33. The first-order valence-corrected chi connectivity index (χ1v) is 5.71. The molecule has 0 radical (unpaired) electrons. The van der Waals surface area contributed by atoms with E-state index in [2.05, 4.69) is 6.92 Å². The van der Waals surface area contributed by atoms with Crippen molar-refractivity contribution < 1.29 is 15.0 Å². The Bertz CT molecular complexity index is 187. The van der Waals surface area contributed by atoms with Gasteiger partial charge in [-0.1, -0.05) is 38.3 Å². The SMILES string of the molecule is CCCCCC/C=C/C[C@@H](O)CC(=O)O. The number of hydrogen-bond acceptors (Lipinski definition) is 2. The van der Waals surface area contributed by atoms with Crippen molar-refractivity contribution in [1.82, 2.24) is 0 Å². The van der Waals surface area contributed by atoms with Gasteiger partial charge in [0.2, 0.25) is 0 Å². The number of rotatable bonds is 9. The molecule has 0 aromatic heterocycles. The molecule has 0 heterocycles. The van der Waals surface area contributed by atoms with Gasteiger partial charge in [-0.25, -0.2) is 0 Å². The molecule has 0 aliphatic carbocycles. The van der Waals surface area contributed by atoms with Crippen molar-refractivity contribution in [2.75, 3.05) is 0 Å². The van der Waals surface area contributed by atoms with E-state index < -0.39 is 12.1 Å². The van der Waals surface area contributed by atoms with Crippen LogP contribution in [0.4, 0.5) is 0 Å². The fourth-order valence-corrected chi connectivity index (χ4v) is 1.35. The van der Waals surface area contributed by atoms with E-state index in [0.717, 1.165) is 6.42 Å². The van der Waals surface area contributed by atoms with Gasteiger partial charge in [0.05, 0.1) is 12.5 Å². The summed E-state index contributed by atoms with van der Waals surface area (Å²) in [5.74, 6) is -0.946. The Morgan fingerprint density at radius 3 is 2.60 bits per heavy atom. The Labute approximate surface area is 91.8 Å². The van der Waals surface area contributed by atoms with Gasteiger partial charge in [-0.3, -0.25) is 4.79 Å². The lowest BCUT2D eigenvalue weighted by molar-refractivity contribution is -0.139. The van der Waals surface area contributed by atoms with E-state index in [4.69, 9.17) is 5.11 Å². The smallest absolute Gasteiger partial charge is 0.305 e. The van der Waals surface area contributed by atoms with Gasteiger partial charge in [-0.15, -0.1) is 0 Å². The maximum Gasteiger partial charge on any atom is 0.305 e. The molecule has 3 nitrogen and oxygen atoms in total. The number of aliphatic hydroxyl groups is 1. The van der Waals surface area contributed by atoms with Gasteiger partial charge < -0.3 is 10.2 Å². The number of carbonyl (C=O) groups is 1. The average Bonchev–Trinajstić information content (AvgIpc) is 2.15. The van der Waals surface area contributed by atoms with E-state index >= 15 is 0 Å². The summed E-state index contributed by atoms with van der Waals surface area (Å²) in [5, 5.41) is 17.6. The summed E-state index contributed by atoms with van der Waals surface area (Å²) in [6.07, 6.45) is 9.41. The molecule has 0 bridgehead atoms. The number of unbranched alkanes of at least 4 members (excludes halogenated alkanes) is 4. The third-order valence-electron chi connectivity index (χ3n) is 2.21. The van der Waals surface area contributed by atoms with E-state index in [0.29, 0.717) is 6.42 Å². The van der Waals surface area contributed by atoms with Crippen molar-refractivity contribution in [2.45, 2.75) is 58.0 Å². The van der Waals surface area contributed by atoms with Gasteiger partial charge in [0.1, 0.15) is 0 Å². The molecule has 0 rings (SSSR count). The molecule has 88 valence electrons. The second kappa shape index (κ2) is 9.71. The molecule has 0 fully saturated rings. The first kappa shape index (κ1) is 14.2. The topological polar surface area (TPSA) is 57.5 Å². The largest absolute Gasteiger partial charge is 0.481 e. The van der Waals surface area contributed by atoms with Crippen LogP contribution in [0.2, 0.25) is 0 Å². The number of carboxylic acids is 1. The normalized spacial score (nSPS) is 13.2. The Kier molecular flexibility index (Phi) is 9.18. The maximum atomic E-state index is 10.2. The minimum Gasteiger partial charge on any atom is -0.481 e. The van der Waals surface area contributed by atoms with Crippen molar-refractivity contribution in [3.8, 4) is 0 Å². The van der Waals surface area contributed by atoms with E-state index in [9.17, 15) is 9.90 Å². The Morgan fingerprint density at radius 2 is 2.00 bits per heavy atom. The van der Waals surface area contributed by atoms with Crippen LogP contribution in [0.15, 0.2) is 12.2 Å². The van der Waals surface area contributed by atoms with Gasteiger partial charge in [0, 0.05) is 0 Å². The van der Waals surface area contributed by atoms with Crippen LogP contribution in [0.1, 0.15) is 51.9 Å². The summed E-state index contributed by atoms with van der Waals surface area (Å²) in [5.41, 5.74) is 0. The standard InChI is InChI=1S/C12H22O3/c1-2-3-4-5-6-7-8-9-11(13)10-12(14)15/h7-8,11,13H,2-6,9-10H2,1H3,(H,14,15)/b8-7+/t11-/m1/s1. The second-order valence-electron chi connectivity index (χ2n) is 3.81. The van der Waals surface area contributed by atoms with E-state index in [1.54, 1.807) is 0 Å². The summed E-state index contributed by atoms with van der Waals surface area (Å²) in [4.78, 5) is 10.2. The van der Waals surface area contributed by atoms with Crippen LogP contribution in [-0.2, 0) is 4.79 Å². The predicted octanol–water partition coefficient (Wildman–Crippen LogP) is 2.74. The monoisotopic (exact) mass is 214 g/mol. The molecule has 1 atom stereocenters. The fourth-order valence-electron chi connectivity index (χ4n) is 1.35. The lowest BCUT2D eigenvalue weighted by atomic mass is 10.1. The summed E-state index contributed by atoms with van der Waals surface area (Å²) < 4.78 is 0. The number of allylic oxidation sites excluding steroid dienone is 1. The van der Waals surface area contributed by atoms with Crippen molar-refractivity contribution in [3.63, 3.8) is 0 Å². The highest BCUT2D eigenvalue weighted by Crippen LogP contribution is 2.04. The third kappa shape index (κ3) is 11.1. The first-order valence-electron chi connectivity index (χ1n) is 5.71. The molecule has 2 N–H and O–H groups in total. The summed E-state index contributed by atoms with van der Waals surface area (Å²) in [6, 6.07) is 0. The highest BCUT2D eigenvalue weighted by atomic mass is 16.4. The van der Waals surface area contributed by atoms with E-state index in [1.165, 1.54) is 25.7 Å². The van der Waals surface area contributed by atoms with Crippen molar-refractivity contribution in [1.29, 1.82) is 0 Å². The van der Waals surface area contributed by atoms with Gasteiger partial charge in [0.25, 0.3) is 0 Å². The third-order valence-corrected chi connectivity index (χ3v) is 2.21. The molecule has 15 heavy (non-hydrogen) atoms. The van der Waals surface area contributed by atoms with Crippen LogP contribution in [0.25, 0.3) is 0 Å². The van der Waals surface area contributed by atoms with Crippen molar-refractivity contribution in [2.24, 2.45) is 0 Å². The van der Waals surface area contributed by atoms with Crippen LogP contribution in [0.5, 0.6) is 0 Å². The molecule has 0 aromatic carbocycles. The molecular formula is C12H22O3. The molecule has 0 aliphatic heterocycles. The molecule has 3 heteroatoms. The molecule has 0 aliphatic rings. The molecule has 0 amide bonds. The highest BCUT2D eigenvalue weighted by Gasteiger charge is 2.06. The minimum atomic E-state index is -0.946. The lowest BCUT2D eigenvalue weighted by Gasteiger charge is -2.02. The van der Waals surface area contributed by atoms with E-state index in [-0.39, 0.29) is 6.42 Å². The average molecular weight is 214 g/mol. The summed E-state index contributed by atoms with van der Waals surface area (Å²) in [6.45, 7) is 2.18. The van der Waals surface area contributed by atoms with Gasteiger partial charge >= 0.3 is 5.97 Å². The molecule has 0 spiro atoms. The Morgan fingerprint density at radius 1 is 1.27 bits per heavy atom. The van der Waals surface area contributed by atoms with Crippen LogP contribution in [-0.4, -0.2) is 22.3 Å². The van der Waals surface area contributed by atoms with Crippen molar-refractivity contribution >= 4 is 5.97 Å². The Hall–Kier alpha value is -0.830. The number of carboxylic acid groups (broad SMARTS) is 1. The lowest BCUT2D eigenvalue weighted by Crippen LogP contribution is -2.11. The number of hydrogen-bond donors (Lipinski definition) is 2. The molecule has 0 unspecified atom stereocenters. The maximum absolute atomic E-state index is 10.2. The summed E-state index contributed by atoms with van der Waals surface area (Å²) in [7, 11) is 0. The highest BCUT2D eigenvalue weighted by molar-refractivity contribution is 5.67. The van der Waals surface area contributed by atoms with Crippen LogP contribution >= 0.6 is 0 Å². The first-order chi connectivity index (χ1) is 7.16. The quantitative estimate of drug-likeness (QED) is 0.458. The molecule has 0 aromatic rings. The van der Waals surface area contributed by atoms with Gasteiger partial charge in [-0.2, -0.15) is 0 Å². The van der Waals surface area contributed by atoms with Crippen molar-refractivity contribution in [3.05, 3.63) is 12.2 Å². The molecular weight excluding hydrogens is 192 g/mol. The zero-order valence-corrected chi connectivity index (χ0v) is 9.48. The summed E-state index contributed by atoms with van der Waals surface area (Å²) >= 11 is 0. The van der Waals surface area contributed by atoms with Crippen LogP contribution in [0, 0.1) is 0 Å². The minimum absolute atomic E-state index is 0.166. The molecule has 0 saturated heterocycles. The van der Waals surface area contributed by atoms with E-state index in [1.807, 2.05) is 12.2 Å². The fraction of sp³-hybridized carbons (Fsp3) is 0.750.